The number of hydrogen-bond donors (Lipinski definition) is 2. The van der Waals surface area contributed by atoms with Crippen molar-refractivity contribution in [1.29, 1.82) is 0 Å². The lowest BCUT2D eigenvalue weighted by atomic mass is 9.31. The summed E-state index contributed by atoms with van der Waals surface area (Å²) in [6.45, 7) is 10.7. The predicted molar refractivity (Wildman–Crippen MR) is 210 cm³/mol. The summed E-state index contributed by atoms with van der Waals surface area (Å²) in [5.41, 5.74) is -1.92. The van der Waals surface area contributed by atoms with Crippen LogP contribution in [-0.4, -0.2) is 58.2 Å². The summed E-state index contributed by atoms with van der Waals surface area (Å²) < 4.78 is 18.2. The highest BCUT2D eigenvalue weighted by Gasteiger charge is 2.78. The molecule has 2 bridgehead atoms. The van der Waals surface area contributed by atoms with Crippen LogP contribution in [0.4, 0.5) is 0 Å². The van der Waals surface area contributed by atoms with Crippen molar-refractivity contribution in [3.8, 4) is 0 Å². The second-order valence-corrected chi connectivity index (χ2v) is 19.6. The van der Waals surface area contributed by atoms with Crippen molar-refractivity contribution in [3.05, 3.63) is 12.2 Å². The van der Waals surface area contributed by atoms with Gasteiger partial charge >= 0.3 is 35.8 Å². The van der Waals surface area contributed by atoms with E-state index in [1.807, 2.05) is 6.92 Å². The Bertz CT molecular complexity index is 1570. The number of cyclic esters (lactones) is 4. The first kappa shape index (κ1) is 43.5. The Labute approximate surface area is 338 Å². The van der Waals surface area contributed by atoms with E-state index in [-0.39, 0.29) is 66.0 Å². The van der Waals surface area contributed by atoms with Gasteiger partial charge in [-0.3, -0.25) is 28.8 Å². The standard InChI is InChI=1S/C46H68O11/c1-6-7-12-16-28(30-26-35(49)56-40(30)50)19-20-29(17-13-10-8-9-11-14-18-34(47)48)55-39-36(27(2)3)31-25-33-44(4)22-15-23-45(5,43(53)54)32(44)21-24-46(33,39)38-37(31)41(51)57-42(38)52/h12,16,27-33,36-39H,6-11,13-15,17-26H2,1-5H3,(H,47,48)(H,53,54)/b16-12+/t28?,29?,30?,31?,32?,33?,36?,37?,38?,39?,44?,45-,46?/m0/s1. The molecule has 2 saturated heterocycles. The minimum atomic E-state index is -0.871. The van der Waals surface area contributed by atoms with Crippen molar-refractivity contribution < 1.29 is 53.2 Å². The molecule has 0 aromatic rings. The predicted octanol–water partition coefficient (Wildman–Crippen LogP) is 8.70. The van der Waals surface area contributed by atoms with E-state index in [1.165, 1.54) is 0 Å². The maximum Gasteiger partial charge on any atom is 0.318 e. The topological polar surface area (TPSA) is 171 Å². The van der Waals surface area contributed by atoms with E-state index in [0.717, 1.165) is 70.6 Å². The summed E-state index contributed by atoms with van der Waals surface area (Å²) in [6, 6.07) is 0. The molecule has 7 aliphatic rings. The first-order chi connectivity index (χ1) is 27.1. The van der Waals surface area contributed by atoms with Crippen LogP contribution in [0.2, 0.25) is 0 Å². The van der Waals surface area contributed by atoms with E-state index in [9.17, 15) is 33.9 Å². The molecule has 2 heterocycles. The molecule has 57 heavy (non-hydrogen) atoms. The number of fused-ring (bicyclic) bond motifs is 2. The summed E-state index contributed by atoms with van der Waals surface area (Å²) >= 11 is 0. The van der Waals surface area contributed by atoms with Crippen LogP contribution in [0.5, 0.6) is 0 Å². The minimum Gasteiger partial charge on any atom is -0.481 e. The van der Waals surface area contributed by atoms with Gasteiger partial charge in [0.25, 0.3) is 0 Å². The molecule has 0 aromatic heterocycles. The van der Waals surface area contributed by atoms with Gasteiger partial charge in [-0.15, -0.1) is 0 Å². The normalized spacial score (nSPS) is 38.1. The zero-order valence-corrected chi connectivity index (χ0v) is 35.0. The number of hydrogen-bond acceptors (Lipinski definition) is 9. The van der Waals surface area contributed by atoms with E-state index in [1.54, 1.807) is 0 Å². The second kappa shape index (κ2) is 17.6. The third-order valence-corrected chi connectivity index (χ3v) is 16.1. The van der Waals surface area contributed by atoms with Gasteiger partial charge in [0.15, 0.2) is 0 Å². The average molecular weight is 797 g/mol. The largest absolute Gasteiger partial charge is 0.481 e. The lowest BCUT2D eigenvalue weighted by molar-refractivity contribution is -0.296. The molecule has 2 N–H and O–H groups in total. The van der Waals surface area contributed by atoms with Gasteiger partial charge in [-0.1, -0.05) is 84.8 Å². The Hall–Kier alpha value is -3.08. The van der Waals surface area contributed by atoms with Crippen LogP contribution >= 0.6 is 0 Å². The molecule has 1 spiro atoms. The number of rotatable bonds is 20. The van der Waals surface area contributed by atoms with Gasteiger partial charge in [-0.25, -0.2) is 0 Å². The van der Waals surface area contributed by atoms with Crippen molar-refractivity contribution >= 4 is 35.8 Å². The molecule has 318 valence electrons. The molecule has 5 aliphatic carbocycles. The summed E-state index contributed by atoms with van der Waals surface area (Å²) in [4.78, 5) is 76.8. The van der Waals surface area contributed by atoms with Gasteiger partial charge in [0.1, 0.15) is 0 Å². The van der Waals surface area contributed by atoms with Crippen molar-refractivity contribution in [2.45, 2.75) is 169 Å². The average Bonchev–Trinajstić information content (AvgIpc) is 3.66. The number of carboxylic acid groups (broad SMARTS) is 2. The molecular formula is C46H68O11. The molecule has 7 fully saturated rings. The number of carboxylic acids is 2. The second-order valence-electron chi connectivity index (χ2n) is 19.6. The van der Waals surface area contributed by atoms with Crippen LogP contribution in [0.15, 0.2) is 12.2 Å². The van der Waals surface area contributed by atoms with E-state index in [4.69, 9.17) is 19.3 Å². The zero-order chi connectivity index (χ0) is 41.3. The van der Waals surface area contributed by atoms with E-state index in [2.05, 4.69) is 39.8 Å². The van der Waals surface area contributed by atoms with Crippen LogP contribution in [0.1, 0.15) is 157 Å². The van der Waals surface area contributed by atoms with E-state index >= 15 is 0 Å². The van der Waals surface area contributed by atoms with Crippen molar-refractivity contribution in [2.75, 3.05) is 0 Å². The number of unbranched alkanes of at least 4 members (excludes halogenated alkanes) is 6. The van der Waals surface area contributed by atoms with E-state index in [0.29, 0.717) is 38.5 Å². The molecule has 11 heteroatoms. The molecule has 7 rings (SSSR count). The van der Waals surface area contributed by atoms with Crippen molar-refractivity contribution in [1.82, 2.24) is 0 Å². The quantitative estimate of drug-likeness (QED) is 0.0523. The Morgan fingerprint density at radius 3 is 2.25 bits per heavy atom. The molecule has 5 saturated carbocycles. The van der Waals surface area contributed by atoms with Gasteiger partial charge in [0.2, 0.25) is 0 Å². The number of aliphatic carboxylic acids is 2. The van der Waals surface area contributed by atoms with Gasteiger partial charge < -0.3 is 24.4 Å². The van der Waals surface area contributed by atoms with Crippen LogP contribution in [-0.2, 0) is 43.0 Å². The summed E-state index contributed by atoms with van der Waals surface area (Å²) in [5, 5.41) is 19.7. The fourth-order valence-electron chi connectivity index (χ4n) is 13.7. The van der Waals surface area contributed by atoms with Crippen molar-refractivity contribution in [2.24, 2.45) is 69.5 Å². The molecule has 12 unspecified atom stereocenters. The van der Waals surface area contributed by atoms with E-state index < -0.39 is 64.4 Å². The minimum absolute atomic E-state index is 0.00467. The molecule has 11 nitrogen and oxygen atoms in total. The summed E-state index contributed by atoms with van der Waals surface area (Å²) in [7, 11) is 0. The van der Waals surface area contributed by atoms with Gasteiger partial charge in [0.05, 0.1) is 41.8 Å². The fourth-order valence-corrected chi connectivity index (χ4v) is 13.7. The monoisotopic (exact) mass is 796 g/mol. The molecule has 0 aromatic carbocycles. The van der Waals surface area contributed by atoms with Gasteiger partial charge in [-0.05, 0) is 112 Å². The van der Waals surface area contributed by atoms with Crippen molar-refractivity contribution in [3.63, 3.8) is 0 Å². The highest BCUT2D eigenvalue weighted by atomic mass is 16.6. The van der Waals surface area contributed by atoms with Crippen LogP contribution in [0.3, 0.4) is 0 Å². The fraction of sp³-hybridized carbons (Fsp3) is 0.826. The Balaban J connectivity index is 1.33. The molecular weight excluding hydrogens is 728 g/mol. The Kier molecular flexibility index (Phi) is 13.5. The molecule has 13 atom stereocenters. The lowest BCUT2D eigenvalue weighted by Crippen LogP contribution is -2.73. The van der Waals surface area contributed by atoms with Gasteiger partial charge in [0, 0.05) is 11.8 Å². The highest BCUT2D eigenvalue weighted by molar-refractivity contribution is 5.98. The molecule has 0 radical (unpaired) electrons. The first-order valence-electron chi connectivity index (χ1n) is 22.4. The van der Waals surface area contributed by atoms with Crippen LogP contribution in [0.25, 0.3) is 0 Å². The number of carbonyl (C=O) groups excluding carboxylic acids is 4. The Morgan fingerprint density at radius 2 is 1.60 bits per heavy atom. The third kappa shape index (κ3) is 8.13. The molecule has 2 aliphatic heterocycles. The maximum atomic E-state index is 14.1. The first-order valence-corrected chi connectivity index (χ1v) is 22.4. The summed E-state index contributed by atoms with van der Waals surface area (Å²) in [5.74, 6) is -5.28. The smallest absolute Gasteiger partial charge is 0.318 e. The number of ether oxygens (including phenoxy) is 3. The number of esters is 4. The van der Waals surface area contributed by atoms with Gasteiger partial charge in [-0.2, -0.15) is 0 Å². The zero-order valence-electron chi connectivity index (χ0n) is 35.0. The SMILES string of the molecule is CCC/C=C/C(CCC(CCCCCCCCC(=O)O)OC1C(C(C)C)C2CC3C4(C)CCC[C@](C)(C(=O)O)C4CCC13C1C(=O)OC(=O)C21)C1CC(=O)OC1=O. The lowest BCUT2D eigenvalue weighted by Gasteiger charge is -2.72. The summed E-state index contributed by atoms with van der Waals surface area (Å²) in [6.07, 6.45) is 17.3. The van der Waals surface area contributed by atoms with Crippen LogP contribution in [0, 0.1) is 69.5 Å². The molecule has 0 amide bonds. The maximum absolute atomic E-state index is 14.1. The highest BCUT2D eigenvalue weighted by Crippen LogP contribution is 2.76. The number of allylic oxidation sites excluding steroid dienone is 2. The van der Waals surface area contributed by atoms with Crippen LogP contribution < -0.4 is 0 Å². The third-order valence-electron chi connectivity index (χ3n) is 16.1. The Morgan fingerprint density at radius 1 is 0.877 bits per heavy atom. The number of carbonyl (C=O) groups is 6.